The fourth-order valence-corrected chi connectivity index (χ4v) is 5.40. The predicted molar refractivity (Wildman–Crippen MR) is 186 cm³/mol. The summed E-state index contributed by atoms with van der Waals surface area (Å²) in [6.45, 7) is 11.3. The van der Waals surface area contributed by atoms with Gasteiger partial charge in [-0.05, 0) is 57.0 Å². The lowest BCUT2D eigenvalue weighted by molar-refractivity contribution is 0.281. The normalized spacial score (nSPS) is 11.2. The van der Waals surface area contributed by atoms with Crippen LogP contribution < -0.4 is 9.80 Å². The number of aliphatic hydroxyl groups is 2. The number of aromatic nitrogens is 7. The highest BCUT2D eigenvalue weighted by atomic mass is 16.4. The largest absolute Gasteiger partial charge is 0.435 e. The van der Waals surface area contributed by atoms with Crippen LogP contribution in [0.25, 0.3) is 51.2 Å². The Morgan fingerprint density at radius 2 is 1.25 bits per heavy atom. The predicted octanol–water partition coefficient (Wildman–Crippen LogP) is 5.79. The molecule has 0 aliphatic rings. The van der Waals surface area contributed by atoms with Gasteiger partial charge in [0.05, 0.1) is 25.1 Å². The second-order valence-corrected chi connectivity index (χ2v) is 11.1. The molecule has 0 fully saturated rings. The Kier molecular flexibility index (Phi) is 9.83. The molecule has 0 aliphatic heterocycles. The van der Waals surface area contributed by atoms with Crippen molar-refractivity contribution in [3.63, 3.8) is 0 Å². The van der Waals surface area contributed by atoms with Crippen molar-refractivity contribution in [2.75, 3.05) is 36.0 Å². The van der Waals surface area contributed by atoms with Gasteiger partial charge in [0.25, 0.3) is 0 Å². The van der Waals surface area contributed by atoms with Gasteiger partial charge in [-0.25, -0.2) is 9.67 Å². The maximum atomic E-state index is 9.55. The van der Waals surface area contributed by atoms with Crippen LogP contribution >= 0.6 is 0 Å². The van der Waals surface area contributed by atoms with Crippen molar-refractivity contribution in [2.24, 2.45) is 0 Å². The van der Waals surface area contributed by atoms with Crippen LogP contribution in [0.15, 0.2) is 83.4 Å². The number of benzene rings is 3. The molecular formula is C36H39N9O3. The smallest absolute Gasteiger partial charge is 0.230 e. The van der Waals surface area contributed by atoms with Crippen molar-refractivity contribution in [3.05, 3.63) is 90.1 Å². The fourth-order valence-electron chi connectivity index (χ4n) is 5.40. The Morgan fingerprint density at radius 3 is 1.81 bits per heavy atom. The number of hydrogen-bond donors (Lipinski definition) is 2. The Hall–Kier alpha value is -5.46. The van der Waals surface area contributed by atoms with E-state index in [0.717, 1.165) is 59.7 Å². The topological polar surface area (TPSA) is 142 Å². The summed E-state index contributed by atoms with van der Waals surface area (Å²) < 4.78 is 8.13. The zero-order valence-electron chi connectivity index (χ0n) is 27.6. The summed E-state index contributed by atoms with van der Waals surface area (Å²) in [5.74, 6) is 2.71. The van der Waals surface area contributed by atoms with Gasteiger partial charge in [-0.15, -0.1) is 5.10 Å². The lowest BCUT2D eigenvalue weighted by Gasteiger charge is -2.23. The maximum absolute atomic E-state index is 9.55. The lowest BCUT2D eigenvalue weighted by Crippen LogP contribution is -2.28. The molecule has 12 heteroatoms. The molecule has 3 heterocycles. The number of rotatable bonds is 13. The summed E-state index contributed by atoms with van der Waals surface area (Å²) >= 11 is 0. The summed E-state index contributed by atoms with van der Waals surface area (Å²) in [6, 6.07) is 22.9. The SMILES string of the molecule is CCN(CC)c1nc(-c2cn(-c3cccc(-c4nc(-c5ccc(CO)cc5)c(-c5ccc(CO)cc5)o4)c3)nn2)nc(N(CC)CC)n1. The van der Waals surface area contributed by atoms with Gasteiger partial charge in [0.1, 0.15) is 5.69 Å². The zero-order valence-corrected chi connectivity index (χ0v) is 27.6. The van der Waals surface area contributed by atoms with Crippen molar-refractivity contribution in [1.29, 1.82) is 0 Å². The molecule has 6 aromatic rings. The fraction of sp³-hybridized carbons (Fsp3) is 0.278. The maximum Gasteiger partial charge on any atom is 0.230 e. The molecule has 0 amide bonds. The molecular weight excluding hydrogens is 606 g/mol. The first-order chi connectivity index (χ1) is 23.5. The third-order valence-electron chi connectivity index (χ3n) is 8.22. The van der Waals surface area contributed by atoms with Gasteiger partial charge in [0.15, 0.2) is 17.3 Å². The van der Waals surface area contributed by atoms with Crippen molar-refractivity contribution < 1.29 is 14.6 Å². The van der Waals surface area contributed by atoms with Crippen LogP contribution in [0.5, 0.6) is 0 Å². The number of hydrogen-bond acceptors (Lipinski definition) is 11. The minimum atomic E-state index is -0.0460. The van der Waals surface area contributed by atoms with E-state index in [2.05, 4.69) is 47.8 Å². The van der Waals surface area contributed by atoms with E-state index in [9.17, 15) is 10.2 Å². The van der Waals surface area contributed by atoms with Crippen LogP contribution in [-0.2, 0) is 13.2 Å². The summed E-state index contributed by atoms with van der Waals surface area (Å²) in [6.07, 6.45) is 1.81. The van der Waals surface area contributed by atoms with Crippen LogP contribution in [0.3, 0.4) is 0 Å². The van der Waals surface area contributed by atoms with E-state index < -0.39 is 0 Å². The van der Waals surface area contributed by atoms with Crippen LogP contribution in [0, 0.1) is 0 Å². The Bertz CT molecular complexity index is 1870. The molecule has 246 valence electrons. The molecule has 0 aliphatic carbocycles. The van der Waals surface area contributed by atoms with Crippen LogP contribution in [0.2, 0.25) is 0 Å². The van der Waals surface area contributed by atoms with E-state index in [1.807, 2.05) is 79.0 Å². The molecule has 48 heavy (non-hydrogen) atoms. The first-order valence-corrected chi connectivity index (χ1v) is 16.2. The first kappa shape index (κ1) is 32.5. The van der Waals surface area contributed by atoms with E-state index in [-0.39, 0.29) is 13.2 Å². The van der Waals surface area contributed by atoms with Crippen molar-refractivity contribution in [2.45, 2.75) is 40.9 Å². The van der Waals surface area contributed by atoms with Crippen LogP contribution in [-0.4, -0.2) is 71.3 Å². The average Bonchev–Trinajstić information content (AvgIpc) is 3.82. The molecule has 12 nitrogen and oxygen atoms in total. The summed E-state index contributed by atoms with van der Waals surface area (Å²) in [4.78, 5) is 23.4. The van der Waals surface area contributed by atoms with Gasteiger partial charge in [-0.2, -0.15) is 15.0 Å². The molecule has 0 atom stereocenters. The van der Waals surface area contributed by atoms with Crippen LogP contribution in [0.4, 0.5) is 11.9 Å². The highest BCUT2D eigenvalue weighted by Gasteiger charge is 2.20. The average molecular weight is 646 g/mol. The Balaban J connectivity index is 1.37. The van der Waals surface area contributed by atoms with E-state index >= 15 is 0 Å². The monoisotopic (exact) mass is 645 g/mol. The van der Waals surface area contributed by atoms with Crippen molar-refractivity contribution >= 4 is 11.9 Å². The van der Waals surface area contributed by atoms with Gasteiger partial charge in [0.2, 0.25) is 17.8 Å². The van der Waals surface area contributed by atoms with Gasteiger partial charge in [-0.1, -0.05) is 59.8 Å². The second kappa shape index (κ2) is 14.5. The highest BCUT2D eigenvalue weighted by molar-refractivity contribution is 5.79. The number of oxazole rings is 1. The molecule has 0 saturated carbocycles. The molecule has 6 rings (SSSR count). The van der Waals surface area contributed by atoms with Crippen molar-refractivity contribution in [1.82, 2.24) is 34.9 Å². The van der Waals surface area contributed by atoms with E-state index in [4.69, 9.17) is 24.4 Å². The van der Waals surface area contributed by atoms with E-state index in [1.165, 1.54) is 0 Å². The van der Waals surface area contributed by atoms with Crippen molar-refractivity contribution in [3.8, 4) is 51.2 Å². The molecule has 0 radical (unpaired) electrons. The highest BCUT2D eigenvalue weighted by Crippen LogP contribution is 2.37. The zero-order chi connectivity index (χ0) is 33.6. The molecule has 0 spiro atoms. The number of anilines is 2. The molecule has 3 aromatic carbocycles. The first-order valence-electron chi connectivity index (χ1n) is 16.2. The Morgan fingerprint density at radius 1 is 0.667 bits per heavy atom. The van der Waals surface area contributed by atoms with Crippen LogP contribution in [0.1, 0.15) is 38.8 Å². The summed E-state index contributed by atoms with van der Waals surface area (Å²) in [5, 5.41) is 28.0. The van der Waals surface area contributed by atoms with Gasteiger partial charge in [-0.3, -0.25) is 0 Å². The van der Waals surface area contributed by atoms with Gasteiger partial charge in [0, 0.05) is 42.9 Å². The molecule has 0 saturated heterocycles. The van der Waals surface area contributed by atoms with Gasteiger partial charge >= 0.3 is 0 Å². The second-order valence-electron chi connectivity index (χ2n) is 11.1. The lowest BCUT2D eigenvalue weighted by atomic mass is 10.0. The summed E-state index contributed by atoms with van der Waals surface area (Å²) in [7, 11) is 0. The molecule has 2 N–H and O–H groups in total. The minimum absolute atomic E-state index is 0.0436. The standard InChI is InChI=1S/C36H39N9O3/c1-5-43(6-2)35-38-33(39-36(40-35)44(7-3)8-4)30-21-45(42-41-30)29-11-9-10-28(20-29)34-37-31(26-16-12-24(22-46)13-17-26)32(48-34)27-18-14-25(23-47)15-19-27/h9-21,46-47H,5-8,22-23H2,1-4H3. The summed E-state index contributed by atoms with van der Waals surface area (Å²) in [5.41, 5.74) is 6.00. The molecule has 3 aromatic heterocycles. The number of aliphatic hydroxyl groups excluding tert-OH is 2. The number of nitrogens with zero attached hydrogens (tertiary/aromatic N) is 9. The molecule has 0 unspecified atom stereocenters. The van der Waals surface area contributed by atoms with Gasteiger partial charge < -0.3 is 24.4 Å². The Labute approximate surface area is 279 Å². The minimum Gasteiger partial charge on any atom is -0.435 e. The third-order valence-corrected chi connectivity index (χ3v) is 8.22. The molecule has 0 bridgehead atoms. The van der Waals surface area contributed by atoms with E-state index in [1.54, 1.807) is 4.68 Å². The van der Waals surface area contributed by atoms with E-state index in [0.29, 0.717) is 40.8 Å². The third kappa shape index (κ3) is 6.66. The quantitative estimate of drug-likeness (QED) is 0.158.